The van der Waals surface area contributed by atoms with Gasteiger partial charge in [-0.3, -0.25) is 9.59 Å². The second-order valence-electron chi connectivity index (χ2n) is 7.62. The number of aryl methyl sites for hydroxylation is 1. The summed E-state index contributed by atoms with van der Waals surface area (Å²) in [7, 11) is 0. The Bertz CT molecular complexity index is 1440. The second-order valence-corrected chi connectivity index (χ2v) is 9.69. The molecule has 0 saturated carbocycles. The lowest BCUT2D eigenvalue weighted by Crippen LogP contribution is -2.17. The summed E-state index contributed by atoms with van der Waals surface area (Å²) in [6.07, 6.45) is 4.18. The zero-order chi connectivity index (χ0) is 23.7. The summed E-state index contributed by atoms with van der Waals surface area (Å²) in [6, 6.07) is 9.39. The van der Waals surface area contributed by atoms with Crippen molar-refractivity contribution in [2.45, 2.75) is 31.3 Å². The van der Waals surface area contributed by atoms with Crippen molar-refractivity contribution in [2.24, 2.45) is 0 Å². The Morgan fingerprint density at radius 3 is 2.88 bits per heavy atom. The van der Waals surface area contributed by atoms with Gasteiger partial charge in [-0.05, 0) is 43.9 Å². The number of H-pyrrole nitrogens is 1. The van der Waals surface area contributed by atoms with Gasteiger partial charge >= 0.3 is 5.97 Å². The van der Waals surface area contributed by atoms with Crippen LogP contribution in [0.25, 0.3) is 16.7 Å². The summed E-state index contributed by atoms with van der Waals surface area (Å²) in [5.74, 6) is -0.691. The van der Waals surface area contributed by atoms with Crippen LogP contribution in [0.5, 0.6) is 0 Å². The highest BCUT2D eigenvalue weighted by atomic mass is 32.2. The van der Waals surface area contributed by atoms with Gasteiger partial charge in [-0.2, -0.15) is 5.10 Å². The van der Waals surface area contributed by atoms with Crippen LogP contribution in [0.3, 0.4) is 0 Å². The number of thioether (sulfide) groups is 1. The number of nitrogens with zero attached hydrogens (tertiary/aromatic N) is 3. The summed E-state index contributed by atoms with van der Waals surface area (Å²) >= 11 is 2.54. The Morgan fingerprint density at radius 2 is 2.09 bits per heavy atom. The third-order valence-electron chi connectivity index (χ3n) is 5.41. The topological polar surface area (TPSA) is 119 Å². The predicted molar refractivity (Wildman–Crippen MR) is 131 cm³/mol. The van der Waals surface area contributed by atoms with Crippen molar-refractivity contribution in [1.29, 1.82) is 0 Å². The first-order chi connectivity index (χ1) is 16.5. The summed E-state index contributed by atoms with van der Waals surface area (Å²) in [5.41, 5.74) is 2.32. The van der Waals surface area contributed by atoms with E-state index >= 15 is 0 Å². The van der Waals surface area contributed by atoms with Gasteiger partial charge < -0.3 is 15.0 Å². The molecule has 0 saturated heterocycles. The third-order valence-corrected chi connectivity index (χ3v) is 7.49. The van der Waals surface area contributed by atoms with Gasteiger partial charge in [0.2, 0.25) is 5.91 Å². The molecule has 0 atom stereocenters. The van der Waals surface area contributed by atoms with E-state index in [1.165, 1.54) is 17.5 Å². The number of thiophene rings is 1. The summed E-state index contributed by atoms with van der Waals surface area (Å²) in [5, 5.41) is 8.34. The predicted octanol–water partition coefficient (Wildman–Crippen LogP) is 3.57. The number of para-hydroxylation sites is 1. The van der Waals surface area contributed by atoms with E-state index in [1.54, 1.807) is 11.6 Å². The molecule has 4 aromatic rings. The normalized spacial score (nSPS) is 12.6. The minimum Gasteiger partial charge on any atom is -0.462 e. The minimum absolute atomic E-state index is 0.0127. The molecule has 3 heterocycles. The largest absolute Gasteiger partial charge is 0.462 e. The van der Waals surface area contributed by atoms with E-state index in [-0.39, 0.29) is 23.8 Å². The van der Waals surface area contributed by atoms with Crippen molar-refractivity contribution in [3.05, 3.63) is 62.9 Å². The van der Waals surface area contributed by atoms with Gasteiger partial charge in [0, 0.05) is 4.88 Å². The van der Waals surface area contributed by atoms with Crippen LogP contribution in [0.1, 0.15) is 34.1 Å². The van der Waals surface area contributed by atoms with E-state index < -0.39 is 5.97 Å². The van der Waals surface area contributed by atoms with Gasteiger partial charge in [0.1, 0.15) is 10.4 Å². The highest BCUT2D eigenvalue weighted by molar-refractivity contribution is 7.99. The van der Waals surface area contributed by atoms with Crippen LogP contribution >= 0.6 is 23.1 Å². The quantitative estimate of drug-likeness (QED) is 0.229. The second kappa shape index (κ2) is 9.43. The molecule has 1 aliphatic carbocycles. The number of ether oxygens (including phenoxy) is 1. The van der Waals surface area contributed by atoms with Crippen LogP contribution in [0.2, 0.25) is 0 Å². The molecule has 0 aliphatic heterocycles. The van der Waals surface area contributed by atoms with Gasteiger partial charge in [-0.15, -0.1) is 11.3 Å². The first-order valence-electron chi connectivity index (χ1n) is 10.8. The van der Waals surface area contributed by atoms with E-state index in [2.05, 4.69) is 20.4 Å². The summed E-state index contributed by atoms with van der Waals surface area (Å²) in [4.78, 5) is 46.1. The highest BCUT2D eigenvalue weighted by Gasteiger charge is 2.28. The van der Waals surface area contributed by atoms with E-state index in [4.69, 9.17) is 4.74 Å². The van der Waals surface area contributed by atoms with Crippen molar-refractivity contribution in [2.75, 3.05) is 17.7 Å². The van der Waals surface area contributed by atoms with Gasteiger partial charge in [0.05, 0.1) is 29.8 Å². The van der Waals surface area contributed by atoms with Gasteiger partial charge in [0.25, 0.3) is 5.56 Å². The lowest BCUT2D eigenvalue weighted by Gasteiger charge is -2.08. The number of nitrogens with one attached hydrogen (secondary N) is 2. The maximum atomic E-state index is 12.7. The first kappa shape index (κ1) is 22.4. The fraction of sp³-hybridized carbons (Fsp3) is 0.261. The van der Waals surface area contributed by atoms with Gasteiger partial charge in [0.15, 0.2) is 10.8 Å². The maximum Gasteiger partial charge on any atom is 0.341 e. The fourth-order valence-corrected chi connectivity index (χ4v) is 5.88. The molecule has 0 spiro atoms. The Morgan fingerprint density at radius 1 is 1.26 bits per heavy atom. The standard InChI is InChI=1S/C23H21N5O4S2/c1-2-32-22(31)18-14-9-6-10-16(14)34-21(18)25-17(29)12-33-23-26-19-15(20(30)27-23)11-24-28(19)13-7-4-3-5-8-13/h3-5,7-8,11H,2,6,9-10,12H2,1H3,(H,25,29)(H,26,27,30). The molecule has 5 rings (SSSR count). The van der Waals surface area contributed by atoms with E-state index in [1.807, 2.05) is 30.3 Å². The Kier molecular flexibility index (Phi) is 6.20. The van der Waals surface area contributed by atoms with Crippen molar-refractivity contribution in [1.82, 2.24) is 19.7 Å². The van der Waals surface area contributed by atoms with E-state index in [0.717, 1.165) is 47.2 Å². The number of benzene rings is 1. The molecule has 0 fully saturated rings. The molecule has 3 aromatic heterocycles. The van der Waals surface area contributed by atoms with Gasteiger partial charge in [-0.1, -0.05) is 30.0 Å². The number of rotatable bonds is 7. The van der Waals surface area contributed by atoms with Crippen molar-refractivity contribution < 1.29 is 14.3 Å². The molecular weight excluding hydrogens is 474 g/mol. The van der Waals surface area contributed by atoms with Crippen LogP contribution in [0, 0.1) is 0 Å². The SMILES string of the molecule is CCOC(=O)c1c(NC(=O)CSc2nc3c(cnn3-c3ccccc3)c(=O)[nH]2)sc2c1CCC2. The third kappa shape index (κ3) is 4.24. The van der Waals surface area contributed by atoms with E-state index in [0.29, 0.717) is 26.8 Å². The number of fused-ring (bicyclic) bond motifs is 2. The molecule has 9 nitrogen and oxygen atoms in total. The molecule has 0 unspecified atom stereocenters. The first-order valence-corrected chi connectivity index (χ1v) is 12.6. The number of hydrogen-bond donors (Lipinski definition) is 2. The summed E-state index contributed by atoms with van der Waals surface area (Å²) in [6.45, 7) is 2.03. The Labute approximate surface area is 202 Å². The van der Waals surface area contributed by atoms with Crippen LogP contribution in [0.4, 0.5) is 5.00 Å². The number of carbonyl (C=O) groups excluding carboxylic acids is 2. The van der Waals surface area contributed by atoms with Crippen LogP contribution in [0.15, 0.2) is 46.5 Å². The van der Waals surface area contributed by atoms with Crippen molar-refractivity contribution in [3.8, 4) is 5.69 Å². The summed E-state index contributed by atoms with van der Waals surface area (Å²) < 4.78 is 6.80. The minimum atomic E-state index is -0.407. The van der Waals surface area contributed by atoms with Crippen molar-refractivity contribution in [3.63, 3.8) is 0 Å². The number of aromatic nitrogens is 4. The van der Waals surface area contributed by atoms with Crippen LogP contribution in [-0.2, 0) is 22.4 Å². The maximum absolute atomic E-state index is 12.7. The van der Waals surface area contributed by atoms with Crippen LogP contribution < -0.4 is 10.9 Å². The lowest BCUT2D eigenvalue weighted by atomic mass is 10.1. The Balaban J connectivity index is 1.34. The zero-order valence-corrected chi connectivity index (χ0v) is 19.9. The number of hydrogen-bond acceptors (Lipinski definition) is 8. The molecule has 0 radical (unpaired) electrons. The molecule has 11 heteroatoms. The highest BCUT2D eigenvalue weighted by Crippen LogP contribution is 2.39. The smallest absolute Gasteiger partial charge is 0.341 e. The molecule has 1 aromatic carbocycles. The van der Waals surface area contributed by atoms with Crippen LogP contribution in [-0.4, -0.2) is 44.0 Å². The number of aromatic amines is 1. The molecule has 1 amide bonds. The average molecular weight is 496 g/mol. The monoisotopic (exact) mass is 495 g/mol. The molecule has 34 heavy (non-hydrogen) atoms. The number of esters is 1. The molecular formula is C23H21N5O4S2. The zero-order valence-electron chi connectivity index (χ0n) is 18.3. The van der Waals surface area contributed by atoms with E-state index in [9.17, 15) is 14.4 Å². The molecule has 174 valence electrons. The number of anilines is 1. The molecule has 2 N–H and O–H groups in total. The van der Waals surface area contributed by atoms with Crippen molar-refractivity contribution >= 4 is 51.0 Å². The fourth-order valence-electron chi connectivity index (χ4n) is 3.93. The lowest BCUT2D eigenvalue weighted by molar-refractivity contribution is -0.113. The number of amides is 1. The van der Waals surface area contributed by atoms with Gasteiger partial charge in [-0.25, -0.2) is 14.5 Å². The molecule has 0 bridgehead atoms. The number of carbonyl (C=O) groups is 2. The molecule has 1 aliphatic rings. The average Bonchev–Trinajstić information content (AvgIpc) is 3.53. The Hall–Kier alpha value is -3.44.